The molecule has 0 aromatic rings. The SMILES string of the molecule is CC(C)C[C@@H](CC1CCC1)[C@](O)(C(N)=O)C1CC1. The predicted molar refractivity (Wildman–Crippen MR) is 71.8 cm³/mol. The summed E-state index contributed by atoms with van der Waals surface area (Å²) >= 11 is 0. The van der Waals surface area contributed by atoms with Crippen molar-refractivity contribution in [1.29, 1.82) is 0 Å². The number of hydrogen-bond acceptors (Lipinski definition) is 2. The molecule has 0 heterocycles. The summed E-state index contributed by atoms with van der Waals surface area (Å²) in [7, 11) is 0. The molecule has 0 aromatic heterocycles. The molecule has 3 N–H and O–H groups in total. The summed E-state index contributed by atoms with van der Waals surface area (Å²) in [6.45, 7) is 4.31. The van der Waals surface area contributed by atoms with Crippen molar-refractivity contribution in [3.8, 4) is 0 Å². The molecule has 3 nitrogen and oxygen atoms in total. The highest BCUT2D eigenvalue weighted by Gasteiger charge is 2.53. The van der Waals surface area contributed by atoms with Crippen LogP contribution < -0.4 is 5.73 Å². The molecule has 2 rings (SSSR count). The Bertz CT molecular complexity index is 308. The van der Waals surface area contributed by atoms with Crippen molar-refractivity contribution in [2.24, 2.45) is 29.4 Å². The monoisotopic (exact) mass is 253 g/mol. The van der Waals surface area contributed by atoms with Crippen molar-refractivity contribution in [2.45, 2.75) is 64.4 Å². The molecule has 0 bridgehead atoms. The van der Waals surface area contributed by atoms with Crippen molar-refractivity contribution in [1.82, 2.24) is 0 Å². The van der Waals surface area contributed by atoms with Crippen LogP contribution in [-0.4, -0.2) is 16.6 Å². The number of amides is 1. The van der Waals surface area contributed by atoms with Crippen LogP contribution in [0, 0.1) is 23.7 Å². The van der Waals surface area contributed by atoms with Gasteiger partial charge in [-0.05, 0) is 49.4 Å². The Kier molecular flexibility index (Phi) is 4.00. The number of rotatable bonds is 7. The summed E-state index contributed by atoms with van der Waals surface area (Å²) in [4.78, 5) is 11.8. The molecular weight excluding hydrogens is 226 g/mol. The van der Waals surface area contributed by atoms with Crippen molar-refractivity contribution in [3.63, 3.8) is 0 Å². The molecule has 2 saturated carbocycles. The van der Waals surface area contributed by atoms with Gasteiger partial charge < -0.3 is 10.8 Å². The Morgan fingerprint density at radius 2 is 1.94 bits per heavy atom. The van der Waals surface area contributed by atoms with Crippen LogP contribution in [0.25, 0.3) is 0 Å². The van der Waals surface area contributed by atoms with Gasteiger partial charge in [0.05, 0.1) is 0 Å². The first kappa shape index (κ1) is 13.9. The number of primary amides is 1. The van der Waals surface area contributed by atoms with Crippen molar-refractivity contribution >= 4 is 5.91 Å². The third-order valence-electron chi connectivity index (χ3n) is 4.82. The molecule has 0 aromatic carbocycles. The van der Waals surface area contributed by atoms with Gasteiger partial charge in [0.15, 0.2) is 0 Å². The first-order valence-electron chi connectivity index (χ1n) is 7.46. The number of carbonyl (C=O) groups is 1. The van der Waals surface area contributed by atoms with Crippen LogP contribution in [0.3, 0.4) is 0 Å². The minimum Gasteiger partial charge on any atom is -0.379 e. The van der Waals surface area contributed by atoms with E-state index >= 15 is 0 Å². The minimum atomic E-state index is -1.24. The average molecular weight is 253 g/mol. The molecule has 18 heavy (non-hydrogen) atoms. The van der Waals surface area contributed by atoms with Crippen LogP contribution in [0.15, 0.2) is 0 Å². The van der Waals surface area contributed by atoms with Crippen molar-refractivity contribution in [3.05, 3.63) is 0 Å². The molecule has 2 aliphatic rings. The van der Waals surface area contributed by atoms with Crippen molar-refractivity contribution in [2.75, 3.05) is 0 Å². The molecule has 2 fully saturated rings. The molecule has 104 valence electrons. The van der Waals surface area contributed by atoms with E-state index in [9.17, 15) is 9.90 Å². The molecule has 0 radical (unpaired) electrons. The fraction of sp³-hybridized carbons (Fsp3) is 0.933. The Balaban J connectivity index is 2.10. The molecular formula is C15H27NO2. The van der Waals surface area contributed by atoms with E-state index in [2.05, 4.69) is 13.8 Å². The number of aliphatic hydroxyl groups is 1. The highest BCUT2D eigenvalue weighted by atomic mass is 16.3. The summed E-state index contributed by atoms with van der Waals surface area (Å²) in [6.07, 6.45) is 7.62. The van der Waals surface area contributed by atoms with Gasteiger partial charge in [-0.25, -0.2) is 0 Å². The molecule has 3 heteroatoms. The standard InChI is InChI=1S/C15H27NO2/c1-10(2)8-13(9-11-4-3-5-11)15(18,14(16)17)12-6-7-12/h10-13,18H,3-9H2,1-2H3,(H2,16,17)/t13-,15-/m0/s1. The topological polar surface area (TPSA) is 63.3 Å². The zero-order valence-corrected chi connectivity index (χ0v) is 11.7. The van der Waals surface area contributed by atoms with Gasteiger partial charge in [-0.2, -0.15) is 0 Å². The van der Waals surface area contributed by atoms with Crippen LogP contribution in [0.1, 0.15) is 58.8 Å². The van der Waals surface area contributed by atoms with E-state index in [1.165, 1.54) is 19.3 Å². The van der Waals surface area contributed by atoms with Crippen molar-refractivity contribution < 1.29 is 9.90 Å². The zero-order chi connectivity index (χ0) is 13.3. The summed E-state index contributed by atoms with van der Waals surface area (Å²) in [5.74, 6) is 0.902. The summed E-state index contributed by atoms with van der Waals surface area (Å²) in [6, 6.07) is 0. The van der Waals surface area contributed by atoms with E-state index in [-0.39, 0.29) is 11.8 Å². The smallest absolute Gasteiger partial charge is 0.249 e. The first-order chi connectivity index (χ1) is 8.44. The lowest BCUT2D eigenvalue weighted by molar-refractivity contribution is -0.148. The van der Waals surface area contributed by atoms with Crippen LogP contribution >= 0.6 is 0 Å². The van der Waals surface area contributed by atoms with Gasteiger partial charge >= 0.3 is 0 Å². The Hall–Kier alpha value is -0.570. The van der Waals surface area contributed by atoms with Crippen LogP contribution in [0.4, 0.5) is 0 Å². The maximum atomic E-state index is 11.8. The second-order valence-electron chi connectivity index (χ2n) is 6.82. The highest BCUT2D eigenvalue weighted by molar-refractivity contribution is 5.84. The minimum absolute atomic E-state index is 0.0628. The normalized spacial score (nSPS) is 25.6. The molecule has 0 unspecified atom stereocenters. The largest absolute Gasteiger partial charge is 0.379 e. The van der Waals surface area contributed by atoms with Gasteiger partial charge in [0.1, 0.15) is 5.60 Å². The van der Waals surface area contributed by atoms with Crippen LogP contribution in [-0.2, 0) is 4.79 Å². The number of carbonyl (C=O) groups excluding carboxylic acids is 1. The lowest BCUT2D eigenvalue weighted by atomic mass is 9.69. The average Bonchev–Trinajstić information content (AvgIpc) is 3.03. The van der Waals surface area contributed by atoms with E-state index in [1.54, 1.807) is 0 Å². The van der Waals surface area contributed by atoms with E-state index in [4.69, 9.17) is 5.73 Å². The molecule has 1 amide bonds. The van der Waals surface area contributed by atoms with E-state index < -0.39 is 11.5 Å². The Morgan fingerprint density at radius 1 is 1.33 bits per heavy atom. The second kappa shape index (κ2) is 5.20. The number of nitrogens with two attached hydrogens (primary N) is 1. The summed E-state index contributed by atoms with van der Waals surface area (Å²) in [5, 5.41) is 10.8. The van der Waals surface area contributed by atoms with Gasteiger partial charge in [-0.3, -0.25) is 4.79 Å². The van der Waals surface area contributed by atoms with Gasteiger partial charge in [-0.15, -0.1) is 0 Å². The maximum Gasteiger partial charge on any atom is 0.249 e. The molecule has 2 atom stereocenters. The molecule has 2 aliphatic carbocycles. The quantitative estimate of drug-likeness (QED) is 0.732. The second-order valence-corrected chi connectivity index (χ2v) is 6.82. The highest BCUT2D eigenvalue weighted by Crippen LogP contribution is 2.48. The molecule has 0 spiro atoms. The van der Waals surface area contributed by atoms with Gasteiger partial charge in [0, 0.05) is 0 Å². The Morgan fingerprint density at radius 3 is 2.28 bits per heavy atom. The summed E-state index contributed by atoms with van der Waals surface area (Å²) in [5.41, 5.74) is 4.30. The summed E-state index contributed by atoms with van der Waals surface area (Å²) < 4.78 is 0. The predicted octanol–water partition coefficient (Wildman–Crippen LogP) is 2.47. The fourth-order valence-electron chi connectivity index (χ4n) is 3.41. The van der Waals surface area contributed by atoms with Gasteiger partial charge in [-0.1, -0.05) is 33.1 Å². The van der Waals surface area contributed by atoms with Gasteiger partial charge in [0.25, 0.3) is 0 Å². The van der Waals surface area contributed by atoms with E-state index in [0.717, 1.165) is 25.7 Å². The van der Waals surface area contributed by atoms with Crippen LogP contribution in [0.2, 0.25) is 0 Å². The van der Waals surface area contributed by atoms with Crippen LogP contribution in [0.5, 0.6) is 0 Å². The molecule has 0 aliphatic heterocycles. The first-order valence-corrected chi connectivity index (χ1v) is 7.46. The van der Waals surface area contributed by atoms with Gasteiger partial charge in [0.2, 0.25) is 5.91 Å². The lowest BCUT2D eigenvalue weighted by Crippen LogP contribution is -2.53. The molecule has 0 saturated heterocycles. The number of hydrogen-bond donors (Lipinski definition) is 2. The third-order valence-corrected chi connectivity index (χ3v) is 4.82. The maximum absolute atomic E-state index is 11.8. The van der Waals surface area contributed by atoms with E-state index in [1.807, 2.05) is 0 Å². The Labute approximate surface area is 110 Å². The lowest BCUT2D eigenvalue weighted by Gasteiger charge is -2.39. The van der Waals surface area contributed by atoms with E-state index in [0.29, 0.717) is 11.8 Å². The third kappa shape index (κ3) is 2.71. The zero-order valence-electron chi connectivity index (χ0n) is 11.7. The fourth-order valence-corrected chi connectivity index (χ4v) is 3.41.